The summed E-state index contributed by atoms with van der Waals surface area (Å²) in [6.07, 6.45) is 2.12. The van der Waals surface area contributed by atoms with Gasteiger partial charge in [-0.15, -0.1) is 0 Å². The number of likely N-dealkylation sites (tertiary alicyclic amines) is 1. The van der Waals surface area contributed by atoms with Crippen LogP contribution in [-0.4, -0.2) is 73.7 Å². The maximum Gasteiger partial charge on any atom is 0.244 e. The molecule has 2 saturated heterocycles. The second-order valence-corrected chi connectivity index (χ2v) is 9.39. The minimum absolute atomic E-state index is 0.0290. The number of hydrogen-bond donors (Lipinski definition) is 0. The largest absolute Gasteiger partial charge is 0.341 e. The smallest absolute Gasteiger partial charge is 0.244 e. The molecule has 3 rings (SSSR count). The highest BCUT2D eigenvalue weighted by Crippen LogP contribution is 2.31. The SMILES string of the molecule is C[C@@H](C(=O)N1CCCC1)N1CCN(S(=O)(=O)c2cccc(Cl)c2Cl)CC1. The Morgan fingerprint density at radius 2 is 1.65 bits per heavy atom. The molecule has 2 heterocycles. The Balaban J connectivity index is 1.66. The van der Waals surface area contributed by atoms with Crippen molar-refractivity contribution in [2.24, 2.45) is 0 Å². The average molecular weight is 420 g/mol. The lowest BCUT2D eigenvalue weighted by atomic mass is 10.2. The van der Waals surface area contributed by atoms with Crippen molar-refractivity contribution >= 4 is 39.1 Å². The van der Waals surface area contributed by atoms with Gasteiger partial charge in [0.25, 0.3) is 0 Å². The fourth-order valence-corrected chi connectivity index (χ4v) is 5.67. The van der Waals surface area contributed by atoms with Crippen LogP contribution in [0.2, 0.25) is 10.0 Å². The van der Waals surface area contributed by atoms with E-state index in [1.54, 1.807) is 12.1 Å². The molecule has 0 radical (unpaired) electrons. The Bertz CT molecular complexity index is 773. The van der Waals surface area contributed by atoms with E-state index in [-0.39, 0.29) is 26.9 Å². The molecule has 2 aliphatic heterocycles. The van der Waals surface area contributed by atoms with Crippen molar-refractivity contribution in [2.75, 3.05) is 39.3 Å². The number of benzene rings is 1. The van der Waals surface area contributed by atoms with E-state index in [1.807, 2.05) is 16.7 Å². The maximum atomic E-state index is 12.9. The first-order valence-corrected chi connectivity index (χ1v) is 11.0. The molecule has 1 aromatic carbocycles. The monoisotopic (exact) mass is 419 g/mol. The molecule has 0 aliphatic carbocycles. The number of rotatable bonds is 4. The summed E-state index contributed by atoms with van der Waals surface area (Å²) in [6.45, 7) is 5.22. The van der Waals surface area contributed by atoms with Crippen LogP contribution in [0.3, 0.4) is 0 Å². The molecule has 2 fully saturated rings. The second-order valence-electron chi connectivity index (χ2n) is 6.70. The van der Waals surface area contributed by atoms with Gasteiger partial charge >= 0.3 is 0 Å². The van der Waals surface area contributed by atoms with Gasteiger partial charge in [0.05, 0.1) is 16.1 Å². The number of sulfonamides is 1. The third-order valence-corrected chi connectivity index (χ3v) is 8.00. The van der Waals surface area contributed by atoms with Crippen LogP contribution >= 0.6 is 23.2 Å². The van der Waals surface area contributed by atoms with Gasteiger partial charge in [0.15, 0.2) is 0 Å². The minimum atomic E-state index is -3.71. The summed E-state index contributed by atoms with van der Waals surface area (Å²) < 4.78 is 27.1. The summed E-state index contributed by atoms with van der Waals surface area (Å²) in [5, 5.41) is 0.269. The first-order chi connectivity index (χ1) is 12.3. The van der Waals surface area contributed by atoms with Crippen molar-refractivity contribution in [1.82, 2.24) is 14.1 Å². The Morgan fingerprint density at radius 1 is 1.04 bits per heavy atom. The van der Waals surface area contributed by atoms with Gasteiger partial charge in [-0.25, -0.2) is 8.42 Å². The molecule has 0 unspecified atom stereocenters. The van der Waals surface area contributed by atoms with Crippen LogP contribution in [0, 0.1) is 0 Å². The third-order valence-electron chi connectivity index (χ3n) is 5.13. The highest BCUT2D eigenvalue weighted by atomic mass is 35.5. The van der Waals surface area contributed by atoms with Crippen molar-refractivity contribution in [3.8, 4) is 0 Å². The van der Waals surface area contributed by atoms with E-state index >= 15 is 0 Å². The molecular formula is C17H23Cl2N3O3S. The standard InChI is InChI=1S/C17H23Cl2N3O3S/c1-13(17(23)21-7-2-3-8-21)20-9-11-22(12-10-20)26(24,25)15-6-4-5-14(18)16(15)19/h4-6,13H,2-3,7-12H2,1H3/t13-/m0/s1. The van der Waals surface area contributed by atoms with E-state index < -0.39 is 10.0 Å². The zero-order chi connectivity index (χ0) is 18.9. The average Bonchev–Trinajstić information content (AvgIpc) is 3.17. The molecule has 0 N–H and O–H groups in total. The fourth-order valence-electron chi connectivity index (χ4n) is 3.51. The number of piperazine rings is 1. The number of carbonyl (C=O) groups is 1. The van der Waals surface area contributed by atoms with E-state index in [2.05, 4.69) is 0 Å². The van der Waals surface area contributed by atoms with Crippen molar-refractivity contribution < 1.29 is 13.2 Å². The van der Waals surface area contributed by atoms with Gasteiger partial charge in [-0.05, 0) is 31.9 Å². The molecule has 26 heavy (non-hydrogen) atoms. The highest BCUT2D eigenvalue weighted by molar-refractivity contribution is 7.89. The molecule has 0 spiro atoms. The zero-order valence-corrected chi connectivity index (χ0v) is 17.0. The van der Waals surface area contributed by atoms with Crippen LogP contribution in [0.25, 0.3) is 0 Å². The van der Waals surface area contributed by atoms with E-state index in [4.69, 9.17) is 23.2 Å². The second kappa shape index (κ2) is 8.02. The topological polar surface area (TPSA) is 60.9 Å². The number of carbonyl (C=O) groups excluding carboxylic acids is 1. The van der Waals surface area contributed by atoms with Gasteiger partial charge in [-0.2, -0.15) is 4.31 Å². The Morgan fingerprint density at radius 3 is 2.27 bits per heavy atom. The summed E-state index contributed by atoms with van der Waals surface area (Å²) in [7, 11) is -3.71. The van der Waals surface area contributed by atoms with Gasteiger partial charge in [0, 0.05) is 39.3 Å². The van der Waals surface area contributed by atoms with Gasteiger partial charge in [-0.1, -0.05) is 29.3 Å². The lowest BCUT2D eigenvalue weighted by molar-refractivity contribution is -0.135. The van der Waals surface area contributed by atoms with E-state index in [0.717, 1.165) is 25.9 Å². The first kappa shape index (κ1) is 19.9. The molecule has 1 amide bonds. The van der Waals surface area contributed by atoms with Crippen LogP contribution in [0.5, 0.6) is 0 Å². The zero-order valence-electron chi connectivity index (χ0n) is 14.7. The lowest BCUT2D eigenvalue weighted by Crippen LogP contribution is -2.55. The lowest BCUT2D eigenvalue weighted by Gasteiger charge is -2.37. The molecule has 2 aliphatic rings. The number of hydrogen-bond acceptors (Lipinski definition) is 4. The van der Waals surface area contributed by atoms with Gasteiger partial charge < -0.3 is 4.90 Å². The van der Waals surface area contributed by atoms with Crippen LogP contribution in [0.15, 0.2) is 23.1 Å². The summed E-state index contributed by atoms with van der Waals surface area (Å²) in [4.78, 5) is 16.5. The Hall–Kier alpha value is -0.860. The van der Waals surface area contributed by atoms with Crippen LogP contribution in [0.4, 0.5) is 0 Å². The number of nitrogens with zero attached hydrogens (tertiary/aromatic N) is 3. The van der Waals surface area contributed by atoms with Gasteiger partial charge in [0.2, 0.25) is 15.9 Å². The maximum absolute atomic E-state index is 12.9. The molecule has 144 valence electrons. The molecule has 0 aromatic heterocycles. The Labute approximate surface area is 164 Å². The Kier molecular flexibility index (Phi) is 6.14. The molecule has 6 nitrogen and oxygen atoms in total. The van der Waals surface area contributed by atoms with Gasteiger partial charge in [0.1, 0.15) is 4.90 Å². The molecule has 1 aromatic rings. The van der Waals surface area contributed by atoms with E-state index in [0.29, 0.717) is 26.2 Å². The van der Waals surface area contributed by atoms with Crippen LogP contribution in [-0.2, 0) is 14.8 Å². The summed E-state index contributed by atoms with van der Waals surface area (Å²) in [5.41, 5.74) is 0. The van der Waals surface area contributed by atoms with E-state index in [9.17, 15) is 13.2 Å². The first-order valence-electron chi connectivity index (χ1n) is 8.79. The molecule has 0 bridgehead atoms. The summed E-state index contributed by atoms with van der Waals surface area (Å²) in [6, 6.07) is 4.38. The normalized spacial score (nSPS) is 21.1. The summed E-state index contributed by atoms with van der Waals surface area (Å²) in [5.74, 6) is 0.136. The predicted molar refractivity (Wildman–Crippen MR) is 102 cm³/mol. The highest BCUT2D eigenvalue weighted by Gasteiger charge is 2.34. The quantitative estimate of drug-likeness (QED) is 0.750. The van der Waals surface area contributed by atoms with Crippen LogP contribution in [0.1, 0.15) is 19.8 Å². The van der Waals surface area contributed by atoms with E-state index in [1.165, 1.54) is 10.4 Å². The summed E-state index contributed by atoms with van der Waals surface area (Å²) >= 11 is 12.0. The molecule has 9 heteroatoms. The minimum Gasteiger partial charge on any atom is -0.341 e. The van der Waals surface area contributed by atoms with Gasteiger partial charge in [-0.3, -0.25) is 9.69 Å². The van der Waals surface area contributed by atoms with Crippen molar-refractivity contribution in [1.29, 1.82) is 0 Å². The number of amides is 1. The fraction of sp³-hybridized carbons (Fsp3) is 0.588. The number of halogens is 2. The molecular weight excluding hydrogens is 397 g/mol. The predicted octanol–water partition coefficient (Wildman–Crippen LogP) is 2.31. The van der Waals surface area contributed by atoms with Crippen molar-refractivity contribution in [3.05, 3.63) is 28.2 Å². The molecule has 1 atom stereocenters. The van der Waals surface area contributed by atoms with Crippen LogP contribution < -0.4 is 0 Å². The third kappa shape index (κ3) is 3.87. The van der Waals surface area contributed by atoms with Crippen molar-refractivity contribution in [2.45, 2.75) is 30.7 Å². The van der Waals surface area contributed by atoms with Crippen molar-refractivity contribution in [3.63, 3.8) is 0 Å². The molecule has 0 saturated carbocycles.